The zero-order valence-corrected chi connectivity index (χ0v) is 30.2. The van der Waals surface area contributed by atoms with Gasteiger partial charge in [-0.05, 0) is 84.8 Å². The molecule has 0 saturated carbocycles. The molecule has 12 nitrogen and oxygen atoms in total. The van der Waals surface area contributed by atoms with Gasteiger partial charge in [0.2, 0.25) is 23.7 Å². The lowest BCUT2D eigenvalue weighted by atomic mass is 10.1. The Morgan fingerprint density at radius 2 is 1.20 bits per heavy atom. The monoisotopic (exact) mass is 754 g/mol. The minimum absolute atomic E-state index is 0.115. The van der Waals surface area contributed by atoms with Crippen LogP contribution < -0.4 is 27.0 Å². The molecule has 14 heteroatoms. The average molecular weight is 756 g/mol. The fraction of sp³-hybridized carbons (Fsp3) is 0.125. The molecule has 6 aromatic rings. The molecule has 4 heterocycles. The third-order valence-electron chi connectivity index (χ3n) is 8.54. The highest BCUT2D eigenvalue weighted by Gasteiger charge is 2.23. The highest BCUT2D eigenvalue weighted by molar-refractivity contribution is 6.31. The van der Waals surface area contributed by atoms with E-state index in [-0.39, 0.29) is 24.7 Å². The molecule has 0 unspecified atom stereocenters. The molecule has 0 bridgehead atoms. The number of aromatic nitrogens is 4. The first-order chi connectivity index (χ1) is 26.2. The Balaban J connectivity index is 0.000000167. The lowest BCUT2D eigenvalue weighted by Crippen LogP contribution is -2.12. The Morgan fingerprint density at radius 3 is 1.70 bits per heavy atom. The van der Waals surface area contributed by atoms with Crippen LogP contribution in [-0.4, -0.2) is 38.3 Å². The minimum atomic E-state index is -0.134. The number of nitriles is 1. The van der Waals surface area contributed by atoms with Gasteiger partial charge in [-0.15, -0.1) is 0 Å². The van der Waals surface area contributed by atoms with Crippen molar-refractivity contribution >= 4 is 69.7 Å². The second-order valence-corrected chi connectivity index (χ2v) is 13.4. The fourth-order valence-corrected chi connectivity index (χ4v) is 6.47. The van der Waals surface area contributed by atoms with Crippen molar-refractivity contribution in [2.45, 2.75) is 25.7 Å². The zero-order valence-electron chi connectivity index (χ0n) is 28.7. The van der Waals surface area contributed by atoms with Gasteiger partial charge in [-0.25, -0.2) is 19.9 Å². The third kappa shape index (κ3) is 8.46. The Kier molecular flexibility index (Phi) is 10.7. The largest absolute Gasteiger partial charge is 0.330 e. The molecule has 0 atom stereocenters. The van der Waals surface area contributed by atoms with E-state index in [4.69, 9.17) is 34.2 Å². The summed E-state index contributed by atoms with van der Waals surface area (Å²) in [5, 5.41) is 22.1. The summed E-state index contributed by atoms with van der Waals surface area (Å²) < 4.78 is 0. The van der Waals surface area contributed by atoms with Crippen molar-refractivity contribution in [1.82, 2.24) is 19.9 Å². The molecule has 0 fully saturated rings. The predicted octanol–water partition coefficient (Wildman–Crippen LogP) is 7.64. The molecule has 2 aromatic heterocycles. The van der Waals surface area contributed by atoms with Crippen LogP contribution in [0.4, 0.5) is 34.6 Å². The van der Waals surface area contributed by atoms with E-state index in [1.807, 2.05) is 60.7 Å². The number of hydrogen-bond acceptors (Lipinski definition) is 10. The van der Waals surface area contributed by atoms with Crippen molar-refractivity contribution in [2.24, 2.45) is 5.73 Å². The lowest BCUT2D eigenvalue weighted by molar-refractivity contribution is -0.116. The van der Waals surface area contributed by atoms with Crippen LogP contribution in [0.2, 0.25) is 10.0 Å². The second kappa shape index (κ2) is 16.1. The van der Waals surface area contributed by atoms with Crippen molar-refractivity contribution in [3.05, 3.63) is 130 Å². The number of benzene rings is 4. The molecule has 2 aliphatic heterocycles. The summed E-state index contributed by atoms with van der Waals surface area (Å²) in [5.74, 6) is 0.633. The number of anilines is 6. The number of amides is 2. The molecule has 0 radical (unpaired) electrons. The molecule has 0 spiro atoms. The minimum Gasteiger partial charge on any atom is -0.330 e. The Morgan fingerprint density at radius 1 is 0.704 bits per heavy atom. The van der Waals surface area contributed by atoms with Gasteiger partial charge in [0.25, 0.3) is 0 Å². The van der Waals surface area contributed by atoms with Crippen molar-refractivity contribution in [1.29, 1.82) is 5.26 Å². The second-order valence-electron chi connectivity index (χ2n) is 12.5. The summed E-state index contributed by atoms with van der Waals surface area (Å²) in [6, 6.07) is 28.4. The van der Waals surface area contributed by atoms with E-state index in [9.17, 15) is 9.59 Å². The molecule has 0 aliphatic carbocycles. The first kappa shape index (κ1) is 36.0. The first-order valence-electron chi connectivity index (χ1n) is 16.9. The summed E-state index contributed by atoms with van der Waals surface area (Å²) in [6.45, 7) is 0.596. The number of hydrogen-bond donors (Lipinski definition) is 5. The quantitative estimate of drug-likeness (QED) is 0.109. The summed E-state index contributed by atoms with van der Waals surface area (Å²) in [4.78, 5) is 42.3. The molecule has 8 rings (SSSR count). The van der Waals surface area contributed by atoms with Crippen LogP contribution in [0.15, 0.2) is 97.3 Å². The fourth-order valence-electron chi connectivity index (χ4n) is 6.13. The maximum atomic E-state index is 12.2. The van der Waals surface area contributed by atoms with Gasteiger partial charge in [-0.2, -0.15) is 5.26 Å². The van der Waals surface area contributed by atoms with E-state index >= 15 is 0 Å². The number of fused-ring (bicyclic) bond motifs is 6. The summed E-state index contributed by atoms with van der Waals surface area (Å²) in [6.07, 6.45) is 4.91. The highest BCUT2D eigenvalue weighted by atomic mass is 35.5. The number of halogens is 2. The predicted molar refractivity (Wildman–Crippen MR) is 211 cm³/mol. The van der Waals surface area contributed by atoms with Gasteiger partial charge in [0.15, 0.2) is 0 Å². The topological polar surface area (TPSA) is 184 Å². The molecule has 268 valence electrons. The Bertz CT molecular complexity index is 2450. The van der Waals surface area contributed by atoms with E-state index in [2.05, 4.69) is 47.3 Å². The molecular formula is C40H32Cl2N10O2. The van der Waals surface area contributed by atoms with E-state index in [1.165, 1.54) is 0 Å². The lowest BCUT2D eigenvalue weighted by Gasteiger charge is -2.11. The van der Waals surface area contributed by atoms with Crippen LogP contribution in [-0.2, 0) is 35.3 Å². The molecule has 54 heavy (non-hydrogen) atoms. The number of nitrogens with two attached hydrogens (primary N) is 1. The van der Waals surface area contributed by atoms with Crippen LogP contribution >= 0.6 is 23.2 Å². The highest BCUT2D eigenvalue weighted by Crippen LogP contribution is 2.36. The van der Waals surface area contributed by atoms with Crippen LogP contribution in [0.1, 0.15) is 22.3 Å². The van der Waals surface area contributed by atoms with Gasteiger partial charge < -0.3 is 27.0 Å². The van der Waals surface area contributed by atoms with Gasteiger partial charge >= 0.3 is 0 Å². The third-order valence-corrected chi connectivity index (χ3v) is 9.01. The summed E-state index contributed by atoms with van der Waals surface area (Å²) in [5.41, 5.74) is 15.2. The van der Waals surface area contributed by atoms with Crippen molar-refractivity contribution in [3.8, 4) is 28.6 Å². The molecule has 0 saturated heterocycles. The molecule has 2 aliphatic rings. The van der Waals surface area contributed by atoms with Gasteiger partial charge in [0.1, 0.15) is 0 Å². The SMILES string of the molecule is N#CCc1cccc(Nc2ncc3c(n2)-c2ccc(Cl)cc2NC(=O)C3)c1.NCCc1cccc(Nc2ncc3c(n2)-c2ccc(Cl)cc2NC(=O)C3)c1. The smallest absolute Gasteiger partial charge is 0.228 e. The van der Waals surface area contributed by atoms with E-state index in [0.29, 0.717) is 52.0 Å². The van der Waals surface area contributed by atoms with E-state index in [0.717, 1.165) is 56.9 Å². The number of carbonyl (C=O) groups is 2. The molecule has 2 amide bonds. The molecule has 6 N–H and O–H groups in total. The number of nitrogens with one attached hydrogen (secondary N) is 4. The zero-order chi connectivity index (χ0) is 37.6. The van der Waals surface area contributed by atoms with Crippen LogP contribution in [0.3, 0.4) is 0 Å². The van der Waals surface area contributed by atoms with Gasteiger partial charge in [-0.1, -0.05) is 47.5 Å². The molecular weight excluding hydrogens is 723 g/mol. The Hall–Kier alpha value is -6.39. The molecule has 4 aromatic carbocycles. The Labute approximate surface area is 320 Å². The van der Waals surface area contributed by atoms with Gasteiger partial charge in [0, 0.05) is 56.1 Å². The van der Waals surface area contributed by atoms with Gasteiger partial charge in [0.05, 0.1) is 48.1 Å². The van der Waals surface area contributed by atoms with Crippen LogP contribution in [0, 0.1) is 11.3 Å². The van der Waals surface area contributed by atoms with E-state index < -0.39 is 0 Å². The maximum Gasteiger partial charge on any atom is 0.228 e. The normalized spacial score (nSPS) is 12.4. The van der Waals surface area contributed by atoms with Crippen LogP contribution in [0.25, 0.3) is 22.5 Å². The van der Waals surface area contributed by atoms with Crippen molar-refractivity contribution in [2.75, 3.05) is 27.8 Å². The van der Waals surface area contributed by atoms with Crippen molar-refractivity contribution < 1.29 is 9.59 Å². The first-order valence-corrected chi connectivity index (χ1v) is 17.7. The number of nitrogens with zero attached hydrogens (tertiary/aromatic N) is 5. The summed E-state index contributed by atoms with van der Waals surface area (Å²) in [7, 11) is 0. The average Bonchev–Trinajstić information content (AvgIpc) is 3.37. The standard InChI is InChI=1S/C20H18ClN5O.C20H14ClN5O/c2*21-14-4-5-16-17(10-14)25-18(27)9-13-11-23-20(26-19(13)16)24-15-3-1-2-12(8-15)6-7-22/h1-5,8,10-11H,6-7,9,22H2,(H,25,27)(H,23,24,26);1-5,8,10-11H,6,9H2,(H,25,27)(H,23,24,26). The van der Waals surface area contributed by atoms with E-state index in [1.54, 1.807) is 36.7 Å². The van der Waals surface area contributed by atoms with Crippen LogP contribution in [0.5, 0.6) is 0 Å². The van der Waals surface area contributed by atoms with Gasteiger partial charge in [-0.3, -0.25) is 9.59 Å². The number of carbonyl (C=O) groups excluding carboxylic acids is 2. The maximum absolute atomic E-state index is 12.2. The summed E-state index contributed by atoms with van der Waals surface area (Å²) >= 11 is 12.1. The number of rotatable bonds is 7. The van der Waals surface area contributed by atoms with Crippen molar-refractivity contribution in [3.63, 3.8) is 0 Å².